The molecule has 1 aromatic heterocycles. The molecule has 3 aromatic rings. The van der Waals surface area contributed by atoms with Gasteiger partial charge in [0, 0.05) is 20.8 Å². The minimum Gasteiger partial charge on any atom is -0.496 e. The molecule has 21 heavy (non-hydrogen) atoms. The summed E-state index contributed by atoms with van der Waals surface area (Å²) in [5.41, 5.74) is 2.58. The van der Waals surface area contributed by atoms with E-state index in [1.807, 2.05) is 43.3 Å². The highest BCUT2D eigenvalue weighted by Gasteiger charge is 2.14. The van der Waals surface area contributed by atoms with Gasteiger partial charge in [0.1, 0.15) is 11.4 Å². The van der Waals surface area contributed by atoms with Crippen LogP contribution in [0.4, 0.5) is 0 Å². The lowest BCUT2D eigenvalue weighted by molar-refractivity contribution is 0.416. The predicted octanol–water partition coefficient (Wildman–Crippen LogP) is 4.08. The highest BCUT2D eigenvalue weighted by atomic mass is 79.9. The van der Waals surface area contributed by atoms with Crippen molar-refractivity contribution in [3.05, 3.63) is 46.4 Å². The lowest BCUT2D eigenvalue weighted by atomic mass is 10.0. The zero-order chi connectivity index (χ0) is 15.0. The third-order valence-electron chi connectivity index (χ3n) is 3.33. The van der Waals surface area contributed by atoms with Gasteiger partial charge in [0.05, 0.1) is 7.11 Å². The summed E-state index contributed by atoms with van der Waals surface area (Å²) in [6, 6.07) is 11.5. The molecule has 0 saturated heterocycles. The molecule has 0 unspecified atom stereocenters. The molecule has 0 saturated carbocycles. The zero-order valence-corrected chi connectivity index (χ0v) is 13.2. The van der Waals surface area contributed by atoms with Gasteiger partial charge in [-0.05, 0) is 31.2 Å². The van der Waals surface area contributed by atoms with E-state index in [4.69, 9.17) is 4.74 Å². The molecule has 0 spiro atoms. The number of aryl methyl sites for hydroxylation is 1. The molecule has 0 radical (unpaired) electrons. The van der Waals surface area contributed by atoms with Crippen LogP contribution in [-0.2, 0) is 0 Å². The Morgan fingerprint density at radius 3 is 2.62 bits per heavy atom. The molecular weight excluding hydrogens is 332 g/mol. The highest BCUT2D eigenvalue weighted by Crippen LogP contribution is 2.36. The quantitative estimate of drug-likeness (QED) is 0.760. The average molecular weight is 345 g/mol. The molecule has 0 aliphatic heterocycles. The normalized spacial score (nSPS) is 10.8. The zero-order valence-electron chi connectivity index (χ0n) is 11.6. The van der Waals surface area contributed by atoms with E-state index in [0.717, 1.165) is 21.0 Å². The van der Waals surface area contributed by atoms with Crippen molar-refractivity contribution in [2.24, 2.45) is 0 Å². The topological polar surface area (TPSA) is 55.2 Å². The average Bonchev–Trinajstić information content (AvgIpc) is 2.48. The van der Waals surface area contributed by atoms with Crippen molar-refractivity contribution in [1.29, 1.82) is 0 Å². The van der Waals surface area contributed by atoms with Gasteiger partial charge in [-0.2, -0.15) is 0 Å². The highest BCUT2D eigenvalue weighted by molar-refractivity contribution is 9.10. The predicted molar refractivity (Wildman–Crippen MR) is 85.6 cm³/mol. The van der Waals surface area contributed by atoms with Crippen molar-refractivity contribution in [2.75, 3.05) is 7.11 Å². The number of fused-ring (bicyclic) bond motifs is 1. The summed E-state index contributed by atoms with van der Waals surface area (Å²) in [5.74, 6) is 0.639. The molecule has 4 nitrogen and oxygen atoms in total. The van der Waals surface area contributed by atoms with Gasteiger partial charge in [-0.25, -0.2) is 0 Å². The molecular formula is C16H13BrN2O2. The van der Waals surface area contributed by atoms with Crippen LogP contribution in [0.2, 0.25) is 0 Å². The van der Waals surface area contributed by atoms with Crippen molar-refractivity contribution >= 4 is 26.7 Å². The first-order chi connectivity index (χ1) is 10.1. The second-order valence-corrected chi connectivity index (χ2v) is 5.68. The van der Waals surface area contributed by atoms with E-state index in [1.165, 1.54) is 0 Å². The molecule has 1 N–H and O–H groups in total. The van der Waals surface area contributed by atoms with Gasteiger partial charge in [0.25, 0.3) is 0 Å². The Morgan fingerprint density at radius 1 is 1.05 bits per heavy atom. The Morgan fingerprint density at radius 2 is 1.86 bits per heavy atom. The molecule has 0 aliphatic carbocycles. The SMILES string of the molecule is COc1cc(Br)ccc1-c1nnc(O)c2cc(C)ccc12. The third-order valence-corrected chi connectivity index (χ3v) is 3.83. The summed E-state index contributed by atoms with van der Waals surface area (Å²) >= 11 is 3.42. The van der Waals surface area contributed by atoms with Crippen LogP contribution in [-0.4, -0.2) is 22.4 Å². The van der Waals surface area contributed by atoms with E-state index in [0.29, 0.717) is 16.8 Å². The number of hydrogen-bond donors (Lipinski definition) is 1. The van der Waals surface area contributed by atoms with E-state index >= 15 is 0 Å². The third kappa shape index (κ3) is 2.45. The van der Waals surface area contributed by atoms with Gasteiger partial charge in [0.2, 0.25) is 5.88 Å². The van der Waals surface area contributed by atoms with Gasteiger partial charge < -0.3 is 9.84 Å². The molecule has 0 aliphatic rings. The number of aromatic hydroxyl groups is 1. The number of nitrogens with zero attached hydrogens (tertiary/aromatic N) is 2. The fraction of sp³-hybridized carbons (Fsp3) is 0.125. The minimum atomic E-state index is -0.0615. The second-order valence-electron chi connectivity index (χ2n) is 4.77. The van der Waals surface area contributed by atoms with Crippen LogP contribution in [0.25, 0.3) is 22.0 Å². The largest absolute Gasteiger partial charge is 0.496 e. The first-order valence-electron chi connectivity index (χ1n) is 6.40. The first kappa shape index (κ1) is 13.8. The monoisotopic (exact) mass is 344 g/mol. The molecule has 0 bridgehead atoms. The van der Waals surface area contributed by atoms with Gasteiger partial charge in [-0.15, -0.1) is 10.2 Å². The maximum absolute atomic E-state index is 9.93. The maximum Gasteiger partial charge on any atom is 0.238 e. The Balaban J connectivity index is 2.33. The number of rotatable bonds is 2. The van der Waals surface area contributed by atoms with Gasteiger partial charge >= 0.3 is 0 Å². The number of methoxy groups -OCH3 is 1. The number of halogens is 1. The fourth-order valence-electron chi connectivity index (χ4n) is 2.31. The van der Waals surface area contributed by atoms with Crippen molar-refractivity contribution in [1.82, 2.24) is 10.2 Å². The van der Waals surface area contributed by atoms with E-state index in [1.54, 1.807) is 7.11 Å². The standard InChI is InChI=1S/C16H13BrN2O2/c1-9-3-5-11-13(7-9)16(20)19-18-15(11)12-6-4-10(17)8-14(12)21-2/h3-8H,1-2H3,(H,19,20). The van der Waals surface area contributed by atoms with E-state index in [9.17, 15) is 5.11 Å². The van der Waals surface area contributed by atoms with Crippen molar-refractivity contribution in [3.8, 4) is 22.9 Å². The van der Waals surface area contributed by atoms with E-state index < -0.39 is 0 Å². The number of hydrogen-bond acceptors (Lipinski definition) is 4. The van der Waals surface area contributed by atoms with Crippen molar-refractivity contribution in [3.63, 3.8) is 0 Å². The first-order valence-corrected chi connectivity index (χ1v) is 7.19. The Bertz CT molecular complexity index is 834. The Kier molecular flexibility index (Phi) is 3.51. The summed E-state index contributed by atoms with van der Waals surface area (Å²) in [4.78, 5) is 0. The second kappa shape index (κ2) is 5.33. The van der Waals surface area contributed by atoms with Crippen LogP contribution < -0.4 is 4.74 Å². The van der Waals surface area contributed by atoms with E-state index in [-0.39, 0.29) is 5.88 Å². The van der Waals surface area contributed by atoms with Gasteiger partial charge in [-0.1, -0.05) is 33.6 Å². The van der Waals surface area contributed by atoms with Crippen LogP contribution in [0.1, 0.15) is 5.56 Å². The van der Waals surface area contributed by atoms with Gasteiger partial charge in [-0.3, -0.25) is 0 Å². The van der Waals surface area contributed by atoms with Crippen molar-refractivity contribution in [2.45, 2.75) is 6.92 Å². The number of benzene rings is 2. The van der Waals surface area contributed by atoms with Crippen LogP contribution >= 0.6 is 15.9 Å². The molecule has 1 heterocycles. The van der Waals surface area contributed by atoms with Crippen LogP contribution in [0.15, 0.2) is 40.9 Å². The molecule has 2 aromatic carbocycles. The summed E-state index contributed by atoms with van der Waals surface area (Å²) in [5, 5.41) is 19.5. The Hall–Kier alpha value is -2.14. The molecule has 5 heteroatoms. The number of ether oxygens (including phenoxy) is 1. The maximum atomic E-state index is 9.93. The van der Waals surface area contributed by atoms with E-state index in [2.05, 4.69) is 26.1 Å². The van der Waals surface area contributed by atoms with Crippen LogP contribution in [0.5, 0.6) is 11.6 Å². The van der Waals surface area contributed by atoms with Gasteiger partial charge in [0.15, 0.2) is 0 Å². The smallest absolute Gasteiger partial charge is 0.238 e. The molecule has 3 rings (SSSR count). The number of aromatic nitrogens is 2. The molecule has 0 amide bonds. The fourth-order valence-corrected chi connectivity index (χ4v) is 2.65. The summed E-state index contributed by atoms with van der Waals surface area (Å²) in [6.07, 6.45) is 0. The Labute approximate surface area is 130 Å². The summed E-state index contributed by atoms with van der Waals surface area (Å²) in [7, 11) is 1.62. The lowest BCUT2D eigenvalue weighted by Gasteiger charge is -2.11. The minimum absolute atomic E-state index is 0.0615. The van der Waals surface area contributed by atoms with Crippen molar-refractivity contribution < 1.29 is 9.84 Å². The summed E-state index contributed by atoms with van der Waals surface area (Å²) < 4.78 is 6.35. The lowest BCUT2D eigenvalue weighted by Crippen LogP contribution is -1.94. The van der Waals surface area contributed by atoms with Crippen LogP contribution in [0.3, 0.4) is 0 Å². The summed E-state index contributed by atoms with van der Waals surface area (Å²) in [6.45, 7) is 1.97. The molecule has 0 atom stereocenters. The van der Waals surface area contributed by atoms with Crippen LogP contribution in [0, 0.1) is 6.92 Å². The molecule has 0 fully saturated rings. The molecule has 106 valence electrons.